The van der Waals surface area contributed by atoms with Crippen LogP contribution in [0.5, 0.6) is 0 Å². The first-order valence-corrected chi connectivity index (χ1v) is 12.9. The van der Waals surface area contributed by atoms with Crippen LogP contribution in [0, 0.1) is 12.8 Å². The number of thioether (sulfide) groups is 1. The summed E-state index contributed by atoms with van der Waals surface area (Å²) in [5.41, 5.74) is 3.70. The third kappa shape index (κ3) is 4.35. The molecule has 5 nitrogen and oxygen atoms in total. The molecule has 2 aromatic heterocycles. The first-order valence-electron chi connectivity index (χ1n) is 11.1. The normalized spacial score (nSPS) is 15.4. The Hall–Kier alpha value is -2.90. The van der Waals surface area contributed by atoms with Crippen molar-refractivity contribution >= 4 is 44.9 Å². The van der Waals surface area contributed by atoms with E-state index in [1.165, 1.54) is 22.2 Å². The Morgan fingerprint density at radius 2 is 1.94 bits per heavy atom. The summed E-state index contributed by atoms with van der Waals surface area (Å²) in [7, 11) is 0. The maximum Gasteiger partial charge on any atom is 0.267 e. The molecule has 1 N–H and O–H groups in total. The minimum atomic E-state index is -0.123. The molecule has 0 saturated carbocycles. The number of carbonyl (C=O) groups excluding carboxylic acids is 1. The number of nitrogens with zero attached hydrogens (tertiary/aromatic N) is 2. The monoisotopic (exact) mass is 475 g/mol. The fourth-order valence-electron chi connectivity index (χ4n) is 4.30. The highest BCUT2D eigenvalue weighted by Gasteiger charge is 2.25. The second-order valence-electron chi connectivity index (χ2n) is 8.55. The van der Waals surface area contributed by atoms with Crippen LogP contribution in [0.4, 0.5) is 5.69 Å². The van der Waals surface area contributed by atoms with Crippen LogP contribution < -0.4 is 10.9 Å². The first-order chi connectivity index (χ1) is 16.0. The summed E-state index contributed by atoms with van der Waals surface area (Å²) in [6.45, 7) is 4.22. The third-order valence-corrected chi connectivity index (χ3v) is 8.15. The van der Waals surface area contributed by atoms with Gasteiger partial charge in [-0.2, -0.15) is 0 Å². The van der Waals surface area contributed by atoms with Gasteiger partial charge in [0.05, 0.1) is 16.8 Å². The molecule has 0 aliphatic heterocycles. The van der Waals surface area contributed by atoms with Crippen molar-refractivity contribution in [3.05, 3.63) is 81.0 Å². The van der Waals surface area contributed by atoms with Crippen molar-refractivity contribution < 1.29 is 4.79 Å². The van der Waals surface area contributed by atoms with E-state index in [0.29, 0.717) is 11.1 Å². The predicted octanol–water partition coefficient (Wildman–Crippen LogP) is 5.61. The largest absolute Gasteiger partial charge is 0.325 e. The van der Waals surface area contributed by atoms with Gasteiger partial charge >= 0.3 is 0 Å². The van der Waals surface area contributed by atoms with E-state index in [0.717, 1.165) is 46.4 Å². The molecule has 2 aromatic carbocycles. The maximum atomic E-state index is 13.8. The highest BCUT2D eigenvalue weighted by atomic mass is 32.2. The van der Waals surface area contributed by atoms with Crippen LogP contribution in [0.2, 0.25) is 0 Å². The van der Waals surface area contributed by atoms with Crippen molar-refractivity contribution in [2.75, 3.05) is 11.1 Å². The maximum absolute atomic E-state index is 13.8. The van der Waals surface area contributed by atoms with Gasteiger partial charge in [0.25, 0.3) is 5.56 Å². The van der Waals surface area contributed by atoms with Gasteiger partial charge in [0.2, 0.25) is 5.91 Å². The van der Waals surface area contributed by atoms with Crippen LogP contribution in [-0.2, 0) is 17.6 Å². The van der Waals surface area contributed by atoms with Gasteiger partial charge in [0.15, 0.2) is 5.16 Å². The van der Waals surface area contributed by atoms with Gasteiger partial charge in [-0.3, -0.25) is 14.2 Å². The number of nitrogens with one attached hydrogen (secondary N) is 1. The number of carbonyl (C=O) groups is 1. The van der Waals surface area contributed by atoms with Crippen molar-refractivity contribution in [1.82, 2.24) is 9.55 Å². The molecule has 4 aromatic rings. The highest BCUT2D eigenvalue weighted by molar-refractivity contribution is 7.99. The van der Waals surface area contributed by atoms with Gasteiger partial charge in [-0.25, -0.2) is 4.98 Å². The number of aromatic nitrogens is 2. The van der Waals surface area contributed by atoms with E-state index in [1.54, 1.807) is 15.9 Å². The Labute approximate surface area is 200 Å². The lowest BCUT2D eigenvalue weighted by molar-refractivity contribution is -0.113. The van der Waals surface area contributed by atoms with Gasteiger partial charge in [0.1, 0.15) is 4.83 Å². The summed E-state index contributed by atoms with van der Waals surface area (Å²) >= 11 is 2.93. The molecule has 0 unspecified atom stereocenters. The number of aryl methyl sites for hydroxylation is 2. The number of hydrogen-bond donors (Lipinski definition) is 1. The zero-order chi connectivity index (χ0) is 22.9. The molecule has 0 spiro atoms. The molecule has 1 atom stereocenters. The molecule has 168 valence electrons. The molecule has 1 aliphatic carbocycles. The molecule has 0 fully saturated rings. The second-order valence-corrected chi connectivity index (χ2v) is 10.6. The molecular formula is C26H25N3O2S2. The summed E-state index contributed by atoms with van der Waals surface area (Å²) < 4.78 is 1.67. The van der Waals surface area contributed by atoms with Crippen LogP contribution in [0.15, 0.2) is 64.5 Å². The Bertz CT molecular complexity index is 1390. The van der Waals surface area contributed by atoms with Gasteiger partial charge in [-0.1, -0.05) is 55.1 Å². The molecule has 5 rings (SSSR count). The van der Waals surface area contributed by atoms with Crippen LogP contribution in [0.1, 0.15) is 29.3 Å². The van der Waals surface area contributed by atoms with Crippen LogP contribution in [0.25, 0.3) is 15.9 Å². The van der Waals surface area contributed by atoms with E-state index in [1.807, 2.05) is 61.5 Å². The SMILES string of the molecule is Cc1ccccc1NC(=O)CSc1nc2sc3c(c2c(=O)n1-c1ccccc1)CC[C@@H](C)C3. The van der Waals surface area contributed by atoms with Crippen LogP contribution >= 0.6 is 23.1 Å². The summed E-state index contributed by atoms with van der Waals surface area (Å²) in [6.07, 6.45) is 3.02. The van der Waals surface area contributed by atoms with Gasteiger partial charge < -0.3 is 5.32 Å². The van der Waals surface area contributed by atoms with Gasteiger partial charge in [-0.15, -0.1) is 11.3 Å². The van der Waals surface area contributed by atoms with E-state index < -0.39 is 0 Å². The summed E-state index contributed by atoms with van der Waals surface area (Å²) in [5, 5.41) is 4.26. The van der Waals surface area contributed by atoms with Crippen LogP contribution in [-0.4, -0.2) is 21.2 Å². The fourth-order valence-corrected chi connectivity index (χ4v) is 6.54. The minimum absolute atomic E-state index is 0.0416. The van der Waals surface area contributed by atoms with Gasteiger partial charge in [0, 0.05) is 10.6 Å². The lowest BCUT2D eigenvalue weighted by atomic mass is 9.89. The molecule has 0 bridgehead atoms. The van der Waals surface area contributed by atoms with Crippen molar-refractivity contribution in [1.29, 1.82) is 0 Å². The highest BCUT2D eigenvalue weighted by Crippen LogP contribution is 2.37. The fraction of sp³-hybridized carbons (Fsp3) is 0.269. The second kappa shape index (κ2) is 9.15. The van der Waals surface area contributed by atoms with E-state index in [-0.39, 0.29) is 17.2 Å². The number of rotatable bonds is 5. The summed E-state index contributed by atoms with van der Waals surface area (Å²) in [5.74, 6) is 0.671. The summed E-state index contributed by atoms with van der Waals surface area (Å²) in [4.78, 5) is 33.4. The Kier molecular flexibility index (Phi) is 6.08. The first kappa shape index (κ1) is 21.9. The van der Waals surface area contributed by atoms with E-state index in [4.69, 9.17) is 4.98 Å². The van der Waals surface area contributed by atoms with Crippen LogP contribution in [0.3, 0.4) is 0 Å². The third-order valence-electron chi connectivity index (χ3n) is 6.06. The van der Waals surface area contributed by atoms with Crippen molar-refractivity contribution in [3.63, 3.8) is 0 Å². The Morgan fingerprint density at radius 3 is 2.73 bits per heavy atom. The number of anilines is 1. The average molecular weight is 476 g/mol. The average Bonchev–Trinajstić information content (AvgIpc) is 3.17. The Morgan fingerprint density at radius 1 is 1.18 bits per heavy atom. The zero-order valence-electron chi connectivity index (χ0n) is 18.6. The van der Waals surface area contributed by atoms with E-state index >= 15 is 0 Å². The van der Waals surface area contributed by atoms with Crippen molar-refractivity contribution in [3.8, 4) is 5.69 Å². The number of thiophene rings is 1. The Balaban J connectivity index is 1.52. The predicted molar refractivity (Wildman–Crippen MR) is 137 cm³/mol. The number of amides is 1. The number of benzene rings is 2. The summed E-state index contributed by atoms with van der Waals surface area (Å²) in [6, 6.07) is 17.3. The van der Waals surface area contributed by atoms with Crippen molar-refractivity contribution in [2.24, 2.45) is 5.92 Å². The molecule has 1 amide bonds. The number of para-hydroxylation sites is 2. The van der Waals surface area contributed by atoms with E-state index in [2.05, 4.69) is 12.2 Å². The standard InChI is InChI=1S/C26H25N3O2S2/c1-16-12-13-19-21(14-16)33-24-23(19)25(31)29(18-9-4-3-5-10-18)26(28-24)32-15-22(30)27-20-11-7-6-8-17(20)2/h3-11,16H,12-15H2,1-2H3,(H,27,30)/t16-/m1/s1. The lowest BCUT2D eigenvalue weighted by Gasteiger charge is -2.17. The molecule has 0 radical (unpaired) electrons. The van der Waals surface area contributed by atoms with Gasteiger partial charge in [-0.05, 0) is 61.4 Å². The molecule has 2 heterocycles. The lowest BCUT2D eigenvalue weighted by Crippen LogP contribution is -2.23. The number of hydrogen-bond acceptors (Lipinski definition) is 5. The van der Waals surface area contributed by atoms with E-state index in [9.17, 15) is 9.59 Å². The molecule has 1 aliphatic rings. The minimum Gasteiger partial charge on any atom is -0.325 e. The molecule has 7 heteroatoms. The van der Waals surface area contributed by atoms with Crippen molar-refractivity contribution in [2.45, 2.75) is 38.3 Å². The molecular weight excluding hydrogens is 450 g/mol. The molecule has 33 heavy (non-hydrogen) atoms. The zero-order valence-corrected chi connectivity index (χ0v) is 20.3. The molecule has 0 saturated heterocycles. The topological polar surface area (TPSA) is 64.0 Å². The smallest absolute Gasteiger partial charge is 0.267 e. The number of fused-ring (bicyclic) bond motifs is 3. The quantitative estimate of drug-likeness (QED) is 0.301.